The lowest BCUT2D eigenvalue weighted by atomic mass is 10.1. The molecule has 0 spiro atoms. The summed E-state index contributed by atoms with van der Waals surface area (Å²) in [5.74, 6) is -1.23. The predicted molar refractivity (Wildman–Crippen MR) is 72.9 cm³/mol. The van der Waals surface area contributed by atoms with Gasteiger partial charge >= 0.3 is 5.97 Å². The van der Waals surface area contributed by atoms with E-state index in [0.717, 1.165) is 5.56 Å². The van der Waals surface area contributed by atoms with Crippen molar-refractivity contribution in [3.8, 4) is 0 Å². The Kier molecular flexibility index (Phi) is 6.60. The number of amides is 1. The molecule has 0 aliphatic carbocycles. The molecule has 0 bridgehead atoms. The zero-order chi connectivity index (χ0) is 14.1. The van der Waals surface area contributed by atoms with E-state index in [4.69, 9.17) is 5.11 Å². The van der Waals surface area contributed by atoms with E-state index < -0.39 is 12.0 Å². The van der Waals surface area contributed by atoms with Gasteiger partial charge in [-0.2, -0.15) is 0 Å². The zero-order valence-corrected chi connectivity index (χ0v) is 11.1. The average molecular weight is 264 g/mol. The second-order valence-corrected chi connectivity index (χ2v) is 4.34. The Bertz CT molecular complexity index is 406. The van der Waals surface area contributed by atoms with Gasteiger partial charge in [0.05, 0.1) is 0 Å². The number of benzene rings is 1. The van der Waals surface area contributed by atoms with Gasteiger partial charge in [0.25, 0.3) is 0 Å². The lowest BCUT2D eigenvalue weighted by Crippen LogP contribution is -2.41. The van der Waals surface area contributed by atoms with Crippen LogP contribution in [0.4, 0.5) is 0 Å². The molecular weight excluding hydrogens is 244 g/mol. The van der Waals surface area contributed by atoms with E-state index >= 15 is 0 Å². The van der Waals surface area contributed by atoms with Gasteiger partial charge in [0.15, 0.2) is 0 Å². The molecule has 0 fully saturated rings. The lowest BCUT2D eigenvalue weighted by molar-refractivity contribution is -0.142. The summed E-state index contributed by atoms with van der Waals surface area (Å²) in [5, 5.41) is 14.5. The van der Waals surface area contributed by atoms with Crippen LogP contribution in [0.2, 0.25) is 0 Å². The minimum absolute atomic E-state index is 0.241. The number of carbonyl (C=O) groups excluding carboxylic acids is 1. The van der Waals surface area contributed by atoms with E-state index in [0.29, 0.717) is 19.4 Å². The Morgan fingerprint density at radius 3 is 2.53 bits per heavy atom. The van der Waals surface area contributed by atoms with Crippen molar-refractivity contribution in [2.45, 2.75) is 25.3 Å². The first-order chi connectivity index (χ1) is 9.13. The highest BCUT2D eigenvalue weighted by Gasteiger charge is 2.19. The third-order valence-electron chi connectivity index (χ3n) is 2.80. The van der Waals surface area contributed by atoms with Crippen molar-refractivity contribution in [2.24, 2.45) is 0 Å². The van der Waals surface area contributed by atoms with Crippen LogP contribution in [0.1, 0.15) is 18.4 Å². The number of nitrogens with one attached hydrogen (secondary N) is 2. The molecule has 0 heterocycles. The largest absolute Gasteiger partial charge is 0.480 e. The maximum absolute atomic E-state index is 11.5. The molecule has 1 aromatic carbocycles. The Labute approximate surface area is 113 Å². The fourth-order valence-corrected chi connectivity index (χ4v) is 1.72. The monoisotopic (exact) mass is 264 g/mol. The number of aryl methyl sites for hydroxylation is 1. The number of aliphatic carboxylic acids is 1. The molecule has 5 nitrogen and oxygen atoms in total. The summed E-state index contributed by atoms with van der Waals surface area (Å²) < 4.78 is 0. The van der Waals surface area contributed by atoms with Crippen LogP contribution in [0.3, 0.4) is 0 Å². The Hall–Kier alpha value is -1.88. The van der Waals surface area contributed by atoms with Crippen molar-refractivity contribution in [1.82, 2.24) is 10.6 Å². The van der Waals surface area contributed by atoms with Crippen LogP contribution in [0.5, 0.6) is 0 Å². The van der Waals surface area contributed by atoms with Crippen molar-refractivity contribution in [3.63, 3.8) is 0 Å². The fourth-order valence-electron chi connectivity index (χ4n) is 1.72. The van der Waals surface area contributed by atoms with Gasteiger partial charge in [0.1, 0.15) is 6.04 Å². The third kappa shape index (κ3) is 6.01. The maximum Gasteiger partial charge on any atom is 0.326 e. The first-order valence-corrected chi connectivity index (χ1v) is 6.34. The van der Waals surface area contributed by atoms with Crippen molar-refractivity contribution in [1.29, 1.82) is 0 Å². The lowest BCUT2D eigenvalue weighted by Gasteiger charge is -2.14. The minimum atomic E-state index is -0.992. The predicted octanol–water partition coefficient (Wildman–Crippen LogP) is 0.798. The minimum Gasteiger partial charge on any atom is -0.480 e. The van der Waals surface area contributed by atoms with E-state index in [9.17, 15) is 9.59 Å². The second kappa shape index (κ2) is 8.26. The van der Waals surface area contributed by atoms with E-state index in [1.54, 1.807) is 7.05 Å². The van der Waals surface area contributed by atoms with Gasteiger partial charge in [-0.25, -0.2) is 4.79 Å². The first-order valence-electron chi connectivity index (χ1n) is 6.34. The Morgan fingerprint density at radius 1 is 1.26 bits per heavy atom. The summed E-state index contributed by atoms with van der Waals surface area (Å²) in [4.78, 5) is 22.6. The number of hydrogen-bond acceptors (Lipinski definition) is 3. The van der Waals surface area contributed by atoms with Gasteiger partial charge < -0.3 is 15.7 Å². The van der Waals surface area contributed by atoms with Gasteiger partial charge in [-0.3, -0.25) is 4.79 Å². The number of carboxylic acids is 1. The van der Waals surface area contributed by atoms with Crippen molar-refractivity contribution in [3.05, 3.63) is 35.9 Å². The van der Waals surface area contributed by atoms with Crippen LogP contribution in [-0.2, 0) is 16.0 Å². The van der Waals surface area contributed by atoms with Gasteiger partial charge in [-0.15, -0.1) is 0 Å². The fraction of sp³-hybridized carbons (Fsp3) is 0.429. The van der Waals surface area contributed by atoms with E-state index in [2.05, 4.69) is 10.6 Å². The summed E-state index contributed by atoms with van der Waals surface area (Å²) in [6.07, 6.45) is 1.31. The molecule has 104 valence electrons. The first kappa shape index (κ1) is 15.2. The topological polar surface area (TPSA) is 78.4 Å². The Morgan fingerprint density at radius 2 is 1.95 bits per heavy atom. The van der Waals surface area contributed by atoms with Crippen LogP contribution in [0.25, 0.3) is 0 Å². The molecule has 1 atom stereocenters. The average Bonchev–Trinajstić information content (AvgIpc) is 2.42. The molecule has 1 aromatic rings. The summed E-state index contributed by atoms with van der Waals surface area (Å²) in [7, 11) is 1.75. The van der Waals surface area contributed by atoms with Crippen LogP contribution in [0.15, 0.2) is 30.3 Å². The molecule has 5 heteroatoms. The molecule has 0 saturated heterocycles. The summed E-state index contributed by atoms with van der Waals surface area (Å²) in [6, 6.07) is 8.80. The second-order valence-electron chi connectivity index (χ2n) is 4.34. The van der Waals surface area contributed by atoms with Crippen LogP contribution in [0, 0.1) is 0 Å². The molecule has 0 aliphatic rings. The molecule has 1 amide bonds. The molecule has 1 rings (SSSR count). The number of hydrogen-bond donors (Lipinski definition) is 3. The molecule has 1 unspecified atom stereocenters. The zero-order valence-electron chi connectivity index (χ0n) is 11.1. The molecule has 0 aromatic heterocycles. The van der Waals surface area contributed by atoms with E-state index in [1.807, 2.05) is 30.3 Å². The Balaban J connectivity index is 2.45. The highest BCUT2D eigenvalue weighted by Crippen LogP contribution is 2.05. The van der Waals surface area contributed by atoms with Gasteiger partial charge in [-0.05, 0) is 25.5 Å². The van der Waals surface area contributed by atoms with Crippen molar-refractivity contribution in [2.75, 3.05) is 13.6 Å². The standard InChI is InChI=1S/C14H20N2O3/c1-15-10-9-13(17)16-12(14(18)19)8-7-11-5-3-2-4-6-11/h2-6,12,15H,7-10H2,1H3,(H,16,17)(H,18,19). The van der Waals surface area contributed by atoms with Crippen LogP contribution in [-0.4, -0.2) is 36.6 Å². The smallest absolute Gasteiger partial charge is 0.326 e. The number of carboxylic acid groups (broad SMARTS) is 1. The quantitative estimate of drug-likeness (QED) is 0.649. The third-order valence-corrected chi connectivity index (χ3v) is 2.80. The van der Waals surface area contributed by atoms with Gasteiger partial charge in [0.2, 0.25) is 5.91 Å². The summed E-state index contributed by atoms with van der Waals surface area (Å²) in [6.45, 7) is 0.539. The van der Waals surface area contributed by atoms with E-state index in [-0.39, 0.29) is 12.3 Å². The van der Waals surface area contributed by atoms with Gasteiger partial charge in [0, 0.05) is 13.0 Å². The molecule has 0 saturated carbocycles. The van der Waals surface area contributed by atoms with Crippen molar-refractivity contribution >= 4 is 11.9 Å². The highest BCUT2D eigenvalue weighted by atomic mass is 16.4. The normalized spacial score (nSPS) is 11.8. The summed E-state index contributed by atoms with van der Waals surface area (Å²) in [5.41, 5.74) is 1.07. The number of rotatable bonds is 8. The molecule has 0 aliphatic heterocycles. The maximum atomic E-state index is 11.5. The van der Waals surface area contributed by atoms with Crippen molar-refractivity contribution < 1.29 is 14.7 Å². The van der Waals surface area contributed by atoms with E-state index in [1.165, 1.54) is 0 Å². The van der Waals surface area contributed by atoms with Gasteiger partial charge in [-0.1, -0.05) is 30.3 Å². The molecule has 0 radical (unpaired) electrons. The molecule has 3 N–H and O–H groups in total. The summed E-state index contributed by atoms with van der Waals surface area (Å²) >= 11 is 0. The van der Waals surface area contributed by atoms with Crippen LogP contribution < -0.4 is 10.6 Å². The number of carbonyl (C=O) groups is 2. The SMILES string of the molecule is CNCCC(=O)NC(CCc1ccccc1)C(=O)O. The molecular formula is C14H20N2O3. The highest BCUT2D eigenvalue weighted by molar-refractivity contribution is 5.83. The molecule has 19 heavy (non-hydrogen) atoms. The van der Waals surface area contributed by atoms with Crippen LogP contribution >= 0.6 is 0 Å².